The molecule has 2 aromatic rings. The molecule has 0 aliphatic carbocycles. The van der Waals surface area contributed by atoms with Gasteiger partial charge in [0.15, 0.2) is 0 Å². The molecule has 21 heavy (non-hydrogen) atoms. The normalized spacial score (nSPS) is 10.2. The fraction of sp³-hybridized carbons (Fsp3) is 0.176. The lowest BCUT2D eigenvalue weighted by Crippen LogP contribution is -2.24. The third-order valence-electron chi connectivity index (χ3n) is 3.30. The van der Waals surface area contributed by atoms with Gasteiger partial charge in [-0.05, 0) is 37.1 Å². The van der Waals surface area contributed by atoms with Crippen LogP contribution < -0.4 is 11.1 Å². The predicted octanol–water partition coefficient (Wildman–Crippen LogP) is 2.87. The zero-order chi connectivity index (χ0) is 15.4. The summed E-state index contributed by atoms with van der Waals surface area (Å²) in [6, 6.07) is 13.4. The maximum absolute atomic E-state index is 12.2. The smallest absolute Gasteiger partial charge is 0.251 e. The van der Waals surface area contributed by atoms with Crippen LogP contribution in [0.1, 0.15) is 32.6 Å². The van der Waals surface area contributed by atoms with E-state index in [9.17, 15) is 4.79 Å². The van der Waals surface area contributed by atoms with Gasteiger partial charge in [0.05, 0.1) is 0 Å². The van der Waals surface area contributed by atoms with Crippen LogP contribution in [0.2, 0.25) is 0 Å². The van der Waals surface area contributed by atoms with E-state index in [-0.39, 0.29) is 5.91 Å². The molecule has 4 heteroatoms. The molecule has 1 amide bonds. The van der Waals surface area contributed by atoms with E-state index < -0.39 is 0 Å². The summed E-state index contributed by atoms with van der Waals surface area (Å²) in [4.78, 5) is 12.6. The molecule has 0 spiro atoms. The molecule has 0 unspecified atom stereocenters. The fourth-order valence-corrected chi connectivity index (χ4v) is 2.22. The number of carbonyl (C=O) groups excluding carboxylic acids is 1. The lowest BCUT2D eigenvalue weighted by Gasteiger charge is -2.09. The van der Waals surface area contributed by atoms with Crippen LogP contribution >= 0.6 is 12.2 Å². The highest BCUT2D eigenvalue weighted by molar-refractivity contribution is 7.80. The Kier molecular flexibility index (Phi) is 4.70. The first-order chi connectivity index (χ1) is 9.97. The largest absolute Gasteiger partial charge is 0.389 e. The van der Waals surface area contributed by atoms with E-state index in [0.29, 0.717) is 17.1 Å². The number of amides is 1. The highest BCUT2D eigenvalue weighted by Gasteiger charge is 2.09. The van der Waals surface area contributed by atoms with Crippen molar-refractivity contribution in [3.05, 3.63) is 70.3 Å². The van der Waals surface area contributed by atoms with Gasteiger partial charge in [-0.2, -0.15) is 0 Å². The number of nitrogens with two attached hydrogens (primary N) is 1. The molecule has 0 bridgehead atoms. The summed E-state index contributed by atoms with van der Waals surface area (Å²) in [5, 5.41) is 2.93. The fourth-order valence-electron chi connectivity index (χ4n) is 2.09. The summed E-state index contributed by atoms with van der Waals surface area (Å²) in [5.41, 5.74) is 10.1. The lowest BCUT2D eigenvalue weighted by molar-refractivity contribution is 0.0950. The number of nitrogens with one attached hydrogen (secondary N) is 1. The Labute approximate surface area is 130 Å². The third kappa shape index (κ3) is 3.89. The van der Waals surface area contributed by atoms with E-state index in [0.717, 1.165) is 22.3 Å². The Morgan fingerprint density at radius 3 is 2.67 bits per heavy atom. The molecule has 108 valence electrons. The van der Waals surface area contributed by atoms with Gasteiger partial charge in [0.25, 0.3) is 5.91 Å². The first-order valence-electron chi connectivity index (χ1n) is 6.71. The Hall–Kier alpha value is -2.20. The van der Waals surface area contributed by atoms with Gasteiger partial charge in [-0.15, -0.1) is 0 Å². The third-order valence-corrected chi connectivity index (χ3v) is 3.54. The number of benzene rings is 2. The molecule has 0 aliphatic rings. The molecular weight excluding hydrogens is 280 g/mol. The minimum atomic E-state index is -0.0723. The zero-order valence-corrected chi connectivity index (χ0v) is 13.0. The van der Waals surface area contributed by atoms with E-state index in [2.05, 4.69) is 5.32 Å². The monoisotopic (exact) mass is 298 g/mol. The molecule has 0 fully saturated rings. The molecule has 0 aliphatic heterocycles. The second-order valence-electron chi connectivity index (χ2n) is 5.07. The van der Waals surface area contributed by atoms with Crippen molar-refractivity contribution in [1.82, 2.24) is 5.32 Å². The van der Waals surface area contributed by atoms with Crippen molar-refractivity contribution in [2.45, 2.75) is 20.4 Å². The molecule has 3 N–H and O–H groups in total. The first kappa shape index (κ1) is 15.2. The van der Waals surface area contributed by atoms with Gasteiger partial charge in [0, 0.05) is 17.7 Å². The van der Waals surface area contributed by atoms with E-state index in [4.69, 9.17) is 18.0 Å². The predicted molar refractivity (Wildman–Crippen MR) is 89.4 cm³/mol. The van der Waals surface area contributed by atoms with Gasteiger partial charge >= 0.3 is 0 Å². The summed E-state index contributed by atoms with van der Waals surface area (Å²) in [6.07, 6.45) is 0. The second kappa shape index (κ2) is 6.50. The summed E-state index contributed by atoms with van der Waals surface area (Å²) >= 11 is 4.96. The Bertz CT molecular complexity index is 695. The van der Waals surface area contributed by atoms with Crippen molar-refractivity contribution in [2.75, 3.05) is 0 Å². The summed E-state index contributed by atoms with van der Waals surface area (Å²) in [5.74, 6) is -0.0723. The number of carbonyl (C=O) groups is 1. The van der Waals surface area contributed by atoms with Crippen molar-refractivity contribution in [3.63, 3.8) is 0 Å². The number of hydrogen-bond donors (Lipinski definition) is 2. The molecule has 3 nitrogen and oxygen atoms in total. The van der Waals surface area contributed by atoms with Crippen LogP contribution in [0.25, 0.3) is 0 Å². The quantitative estimate of drug-likeness (QED) is 0.853. The van der Waals surface area contributed by atoms with Gasteiger partial charge in [0.2, 0.25) is 0 Å². The van der Waals surface area contributed by atoms with E-state index >= 15 is 0 Å². The molecule has 0 saturated carbocycles. The van der Waals surface area contributed by atoms with Gasteiger partial charge in [-0.1, -0.05) is 48.1 Å². The lowest BCUT2D eigenvalue weighted by atomic mass is 10.0. The molecule has 0 saturated heterocycles. The van der Waals surface area contributed by atoms with Crippen LogP contribution in [-0.2, 0) is 6.54 Å². The second-order valence-corrected chi connectivity index (χ2v) is 5.51. The first-order valence-corrected chi connectivity index (χ1v) is 7.12. The summed E-state index contributed by atoms with van der Waals surface area (Å²) in [6.45, 7) is 4.35. The number of thiocarbonyl (C=S) groups is 1. The SMILES string of the molecule is Cc1ccc(C)c(C(=O)NCc2cccc(C(N)=S)c2)c1. The molecule has 0 aromatic heterocycles. The average molecular weight is 298 g/mol. The van der Waals surface area contributed by atoms with Gasteiger partial charge in [-0.3, -0.25) is 4.79 Å². The number of hydrogen-bond acceptors (Lipinski definition) is 2. The van der Waals surface area contributed by atoms with Crippen LogP contribution in [-0.4, -0.2) is 10.9 Å². The van der Waals surface area contributed by atoms with E-state index in [1.807, 2.05) is 56.3 Å². The van der Waals surface area contributed by atoms with Crippen molar-refractivity contribution in [2.24, 2.45) is 5.73 Å². The van der Waals surface area contributed by atoms with Gasteiger partial charge < -0.3 is 11.1 Å². The van der Waals surface area contributed by atoms with Crippen LogP contribution in [0.5, 0.6) is 0 Å². The Morgan fingerprint density at radius 2 is 1.95 bits per heavy atom. The van der Waals surface area contributed by atoms with Gasteiger partial charge in [-0.25, -0.2) is 0 Å². The number of rotatable bonds is 4. The molecule has 0 atom stereocenters. The molecular formula is C17H18N2OS. The van der Waals surface area contributed by atoms with Crippen LogP contribution in [0.3, 0.4) is 0 Å². The van der Waals surface area contributed by atoms with E-state index in [1.54, 1.807) is 0 Å². The molecule has 2 aromatic carbocycles. The zero-order valence-electron chi connectivity index (χ0n) is 12.1. The molecule has 0 radical (unpaired) electrons. The number of aryl methyl sites for hydroxylation is 2. The highest BCUT2D eigenvalue weighted by Crippen LogP contribution is 2.11. The summed E-state index contributed by atoms with van der Waals surface area (Å²) < 4.78 is 0. The minimum Gasteiger partial charge on any atom is -0.389 e. The maximum Gasteiger partial charge on any atom is 0.251 e. The van der Waals surface area contributed by atoms with Crippen molar-refractivity contribution < 1.29 is 4.79 Å². The topological polar surface area (TPSA) is 55.1 Å². The van der Waals surface area contributed by atoms with Crippen LogP contribution in [0.15, 0.2) is 42.5 Å². The molecule has 0 heterocycles. The summed E-state index contributed by atoms with van der Waals surface area (Å²) in [7, 11) is 0. The van der Waals surface area contributed by atoms with E-state index in [1.165, 1.54) is 0 Å². The Morgan fingerprint density at radius 1 is 1.19 bits per heavy atom. The highest BCUT2D eigenvalue weighted by atomic mass is 32.1. The maximum atomic E-state index is 12.2. The van der Waals surface area contributed by atoms with Crippen LogP contribution in [0.4, 0.5) is 0 Å². The molecule has 2 rings (SSSR count). The standard InChI is InChI=1S/C17H18N2OS/c1-11-6-7-12(2)15(8-11)17(20)19-10-13-4-3-5-14(9-13)16(18)21/h3-9H,10H2,1-2H3,(H2,18,21)(H,19,20). The van der Waals surface area contributed by atoms with Crippen molar-refractivity contribution in [1.29, 1.82) is 0 Å². The Balaban J connectivity index is 2.09. The van der Waals surface area contributed by atoms with Crippen molar-refractivity contribution >= 4 is 23.1 Å². The van der Waals surface area contributed by atoms with Crippen LogP contribution in [0, 0.1) is 13.8 Å². The van der Waals surface area contributed by atoms with Gasteiger partial charge in [0.1, 0.15) is 4.99 Å². The minimum absolute atomic E-state index is 0.0723. The average Bonchev–Trinajstić information content (AvgIpc) is 2.47. The van der Waals surface area contributed by atoms with Crippen molar-refractivity contribution in [3.8, 4) is 0 Å².